The molecule has 4 aromatic rings. The molecule has 146 valence electrons. The third-order valence-electron chi connectivity index (χ3n) is 5.40. The van der Waals surface area contributed by atoms with Crippen LogP contribution in [0.15, 0.2) is 59.3 Å². The first-order chi connectivity index (χ1) is 14.2. The third-order valence-corrected chi connectivity index (χ3v) is 7.26. The molecule has 2 N–H and O–H groups in total. The summed E-state index contributed by atoms with van der Waals surface area (Å²) in [6.07, 6.45) is 5.95. The van der Waals surface area contributed by atoms with Gasteiger partial charge in [-0.25, -0.2) is 4.98 Å². The van der Waals surface area contributed by atoms with Gasteiger partial charge >= 0.3 is 0 Å². The molecule has 5 rings (SSSR count). The van der Waals surface area contributed by atoms with Crippen LogP contribution in [-0.4, -0.2) is 31.1 Å². The number of nitrogens with two attached hydrogens (primary N) is 1. The van der Waals surface area contributed by atoms with Gasteiger partial charge < -0.3 is 5.73 Å². The number of fused-ring (bicyclic) bond motifs is 1. The number of halogens is 1. The van der Waals surface area contributed by atoms with Crippen molar-refractivity contribution in [3.63, 3.8) is 0 Å². The molecule has 1 fully saturated rings. The zero-order valence-corrected chi connectivity index (χ0v) is 18.2. The van der Waals surface area contributed by atoms with E-state index in [-0.39, 0.29) is 0 Å². The van der Waals surface area contributed by atoms with Crippen molar-refractivity contribution in [2.24, 2.45) is 0 Å². The summed E-state index contributed by atoms with van der Waals surface area (Å²) in [5.41, 5.74) is 12.2. The lowest BCUT2D eigenvalue weighted by Gasteiger charge is -2.22. The van der Waals surface area contributed by atoms with Crippen molar-refractivity contribution in [3.05, 3.63) is 65.0 Å². The van der Waals surface area contributed by atoms with Gasteiger partial charge in [-0.15, -0.1) is 0 Å². The number of hydrogen-bond donors (Lipinski definition) is 1. The highest BCUT2D eigenvalue weighted by atomic mass is 79.9. The van der Waals surface area contributed by atoms with Crippen molar-refractivity contribution in [2.45, 2.75) is 18.8 Å². The zero-order valence-electron chi connectivity index (χ0n) is 15.8. The van der Waals surface area contributed by atoms with Gasteiger partial charge in [0.25, 0.3) is 0 Å². The van der Waals surface area contributed by atoms with Crippen LogP contribution < -0.4 is 5.73 Å². The predicted octanol–water partition coefficient (Wildman–Crippen LogP) is 5.41. The maximum Gasteiger partial charge on any atom is 0.167 e. The SMILES string of the molecule is Nc1c(Br)c(C2CCSCC2)nc2c(-c3ccc(-c4ccccc4)cn3)cnn12. The molecule has 4 heterocycles. The summed E-state index contributed by atoms with van der Waals surface area (Å²) >= 11 is 5.67. The molecule has 0 bridgehead atoms. The second kappa shape index (κ2) is 7.80. The average molecular weight is 466 g/mol. The minimum Gasteiger partial charge on any atom is -0.383 e. The number of pyridine rings is 1. The molecule has 0 amide bonds. The normalized spacial score (nSPS) is 15.1. The van der Waals surface area contributed by atoms with E-state index in [0.29, 0.717) is 11.7 Å². The second-order valence-electron chi connectivity index (χ2n) is 7.17. The first kappa shape index (κ1) is 18.6. The Balaban J connectivity index is 1.57. The minimum atomic E-state index is 0.425. The fraction of sp³-hybridized carbons (Fsp3) is 0.227. The number of nitrogens with zero attached hydrogens (tertiary/aromatic N) is 4. The van der Waals surface area contributed by atoms with Gasteiger partial charge in [0.05, 0.1) is 27.6 Å². The van der Waals surface area contributed by atoms with Gasteiger partial charge in [-0.3, -0.25) is 4.98 Å². The van der Waals surface area contributed by atoms with Crippen molar-refractivity contribution in [2.75, 3.05) is 17.2 Å². The Labute approximate surface area is 181 Å². The maximum atomic E-state index is 6.41. The Morgan fingerprint density at radius 2 is 1.79 bits per heavy atom. The van der Waals surface area contributed by atoms with E-state index in [1.165, 1.54) is 11.5 Å². The van der Waals surface area contributed by atoms with E-state index in [1.807, 2.05) is 42.2 Å². The Bertz CT molecular complexity index is 1150. The molecule has 1 aliphatic rings. The Morgan fingerprint density at radius 3 is 2.52 bits per heavy atom. The molecular weight excluding hydrogens is 446 g/mol. The van der Waals surface area contributed by atoms with Gasteiger partial charge in [0.2, 0.25) is 0 Å². The van der Waals surface area contributed by atoms with E-state index in [0.717, 1.165) is 51.0 Å². The van der Waals surface area contributed by atoms with Gasteiger partial charge in [-0.1, -0.05) is 36.4 Å². The van der Waals surface area contributed by atoms with Gasteiger partial charge in [-0.05, 0) is 51.9 Å². The number of aromatic nitrogens is 4. The van der Waals surface area contributed by atoms with Crippen molar-refractivity contribution < 1.29 is 0 Å². The first-order valence-electron chi connectivity index (χ1n) is 9.64. The molecule has 5 nitrogen and oxygen atoms in total. The van der Waals surface area contributed by atoms with E-state index in [9.17, 15) is 0 Å². The van der Waals surface area contributed by atoms with Crippen LogP contribution in [0.1, 0.15) is 24.5 Å². The largest absolute Gasteiger partial charge is 0.383 e. The number of benzene rings is 1. The molecule has 0 unspecified atom stereocenters. The van der Waals surface area contributed by atoms with Gasteiger partial charge in [0.15, 0.2) is 5.65 Å². The summed E-state index contributed by atoms with van der Waals surface area (Å²) in [6, 6.07) is 14.4. The van der Waals surface area contributed by atoms with Crippen molar-refractivity contribution >= 4 is 39.2 Å². The molecule has 0 saturated carbocycles. The molecule has 0 radical (unpaired) electrons. The zero-order chi connectivity index (χ0) is 19.8. The summed E-state index contributed by atoms with van der Waals surface area (Å²) < 4.78 is 2.57. The summed E-state index contributed by atoms with van der Waals surface area (Å²) in [5.74, 6) is 3.35. The molecule has 7 heteroatoms. The lowest BCUT2D eigenvalue weighted by molar-refractivity contribution is 0.615. The van der Waals surface area contributed by atoms with E-state index in [2.05, 4.69) is 39.2 Å². The van der Waals surface area contributed by atoms with Crippen molar-refractivity contribution in [1.29, 1.82) is 0 Å². The summed E-state index contributed by atoms with van der Waals surface area (Å²) in [7, 11) is 0. The molecule has 3 aromatic heterocycles. The summed E-state index contributed by atoms with van der Waals surface area (Å²) in [5, 5.41) is 4.48. The van der Waals surface area contributed by atoms with Crippen LogP contribution >= 0.6 is 27.7 Å². The van der Waals surface area contributed by atoms with E-state index < -0.39 is 0 Å². The van der Waals surface area contributed by atoms with E-state index >= 15 is 0 Å². The van der Waals surface area contributed by atoms with Gasteiger partial charge in [0.1, 0.15) is 5.82 Å². The maximum absolute atomic E-state index is 6.41. The number of rotatable bonds is 3. The quantitative estimate of drug-likeness (QED) is 0.437. The predicted molar refractivity (Wildman–Crippen MR) is 123 cm³/mol. The Hall–Kier alpha value is -2.38. The van der Waals surface area contributed by atoms with E-state index in [4.69, 9.17) is 15.7 Å². The first-order valence-corrected chi connectivity index (χ1v) is 11.6. The molecule has 1 aliphatic heterocycles. The van der Waals surface area contributed by atoms with E-state index in [1.54, 1.807) is 10.7 Å². The number of hydrogen-bond acceptors (Lipinski definition) is 5. The van der Waals surface area contributed by atoms with Crippen LogP contribution in [0.25, 0.3) is 28.0 Å². The Kier molecular flexibility index (Phi) is 5.01. The lowest BCUT2D eigenvalue weighted by atomic mass is 9.98. The average Bonchev–Trinajstić information content (AvgIpc) is 3.22. The molecule has 0 spiro atoms. The van der Waals surface area contributed by atoms with Crippen LogP contribution in [0, 0.1) is 0 Å². The van der Waals surface area contributed by atoms with Crippen molar-refractivity contribution in [1.82, 2.24) is 19.6 Å². The fourth-order valence-electron chi connectivity index (χ4n) is 3.79. The molecule has 1 aromatic carbocycles. The fourth-order valence-corrected chi connectivity index (χ4v) is 5.48. The number of thioether (sulfide) groups is 1. The topological polar surface area (TPSA) is 69.1 Å². The third kappa shape index (κ3) is 3.42. The standard InChI is InChI=1S/C22H20BrN5S/c23-19-20(15-8-10-29-11-9-15)27-22-17(13-26-28(22)21(19)24)18-7-6-16(12-25-18)14-4-2-1-3-5-14/h1-7,12-13,15H,8-11,24H2. The Morgan fingerprint density at radius 1 is 1.00 bits per heavy atom. The van der Waals surface area contributed by atoms with Gasteiger partial charge in [0, 0.05) is 17.7 Å². The van der Waals surface area contributed by atoms with Crippen LogP contribution in [0.2, 0.25) is 0 Å². The molecule has 29 heavy (non-hydrogen) atoms. The number of nitrogen functional groups attached to an aromatic ring is 1. The summed E-state index contributed by atoms with van der Waals surface area (Å²) in [6.45, 7) is 0. The van der Waals surface area contributed by atoms with Crippen LogP contribution in [-0.2, 0) is 0 Å². The summed E-state index contributed by atoms with van der Waals surface area (Å²) in [4.78, 5) is 9.69. The second-order valence-corrected chi connectivity index (χ2v) is 9.19. The minimum absolute atomic E-state index is 0.425. The molecular formula is C22H20BrN5S. The number of anilines is 1. The lowest BCUT2D eigenvalue weighted by Crippen LogP contribution is -2.13. The molecule has 0 atom stereocenters. The van der Waals surface area contributed by atoms with Crippen LogP contribution in [0.5, 0.6) is 0 Å². The van der Waals surface area contributed by atoms with Gasteiger partial charge in [-0.2, -0.15) is 21.4 Å². The smallest absolute Gasteiger partial charge is 0.167 e. The molecule has 0 aliphatic carbocycles. The monoisotopic (exact) mass is 465 g/mol. The highest BCUT2D eigenvalue weighted by Gasteiger charge is 2.24. The molecule has 1 saturated heterocycles. The van der Waals surface area contributed by atoms with Crippen LogP contribution in [0.4, 0.5) is 5.82 Å². The highest BCUT2D eigenvalue weighted by Crippen LogP contribution is 2.38. The van der Waals surface area contributed by atoms with Crippen molar-refractivity contribution in [3.8, 4) is 22.4 Å². The highest BCUT2D eigenvalue weighted by molar-refractivity contribution is 9.10. The van der Waals surface area contributed by atoms with Crippen LogP contribution in [0.3, 0.4) is 0 Å².